The lowest BCUT2D eigenvalue weighted by molar-refractivity contribution is -0.131. The van der Waals surface area contributed by atoms with Gasteiger partial charge in [-0.2, -0.15) is 0 Å². The zero-order valence-corrected chi connectivity index (χ0v) is 18.9. The normalized spacial score (nSPS) is 25.7. The fourth-order valence-corrected chi connectivity index (χ4v) is 6.28. The predicted molar refractivity (Wildman–Crippen MR) is 124 cm³/mol. The van der Waals surface area contributed by atoms with Crippen molar-refractivity contribution in [3.05, 3.63) is 76.7 Å². The van der Waals surface area contributed by atoms with E-state index in [0.29, 0.717) is 29.2 Å². The summed E-state index contributed by atoms with van der Waals surface area (Å²) < 4.78 is 19.6. The molecule has 0 N–H and O–H groups in total. The van der Waals surface area contributed by atoms with Crippen molar-refractivity contribution in [2.45, 2.75) is 44.1 Å². The Morgan fingerprint density at radius 2 is 1.81 bits per heavy atom. The van der Waals surface area contributed by atoms with Gasteiger partial charge in [-0.05, 0) is 96.9 Å². The molecule has 32 heavy (non-hydrogen) atoms. The number of hydrogen-bond acceptors (Lipinski definition) is 3. The van der Waals surface area contributed by atoms with E-state index in [2.05, 4.69) is 11.1 Å². The fraction of sp³-hybridized carbons (Fsp3) is 0.407. The molecule has 1 heterocycles. The highest BCUT2D eigenvalue weighted by atomic mass is 35.5. The van der Waals surface area contributed by atoms with Crippen molar-refractivity contribution in [3.63, 3.8) is 0 Å². The number of ketones is 1. The van der Waals surface area contributed by atoms with Crippen LogP contribution in [0.25, 0.3) is 10.9 Å². The molecular formula is C27H27ClFNO2. The van der Waals surface area contributed by atoms with Gasteiger partial charge in [-0.1, -0.05) is 23.7 Å². The van der Waals surface area contributed by atoms with E-state index in [1.165, 1.54) is 11.6 Å². The molecule has 2 aliphatic rings. The van der Waals surface area contributed by atoms with E-state index >= 15 is 0 Å². The molecule has 0 aliphatic heterocycles. The standard InChI is InChI=1S/C27H27ClFNO2/c1-32-27(26(31)10-16-2-4-21(28)5-3-16)20-13-17-11-19(12-18(17)14-20)23-8-9-30-25-7-6-22(29)15-24(23)25/h2-9,15,17-20,27H,10-14H2,1H3/t17-,18+,19?,20?,27?. The summed E-state index contributed by atoms with van der Waals surface area (Å²) >= 11 is 5.96. The number of rotatable bonds is 6. The second kappa shape index (κ2) is 8.92. The lowest BCUT2D eigenvalue weighted by atomic mass is 9.87. The van der Waals surface area contributed by atoms with Crippen molar-refractivity contribution >= 4 is 28.3 Å². The Kier molecular flexibility index (Phi) is 6.00. The number of carbonyl (C=O) groups is 1. The minimum atomic E-state index is -0.356. The highest BCUT2D eigenvalue weighted by Crippen LogP contribution is 2.54. The van der Waals surface area contributed by atoms with Crippen molar-refractivity contribution in [2.24, 2.45) is 17.8 Å². The second-order valence-electron chi connectivity index (χ2n) is 9.41. The summed E-state index contributed by atoms with van der Waals surface area (Å²) in [5.41, 5.74) is 3.03. The molecule has 3 aromatic rings. The Bertz CT molecular complexity index is 1120. The van der Waals surface area contributed by atoms with Crippen LogP contribution in [0.1, 0.15) is 42.7 Å². The van der Waals surface area contributed by atoms with Crippen LogP contribution in [0.2, 0.25) is 5.02 Å². The molecule has 2 aromatic carbocycles. The fourth-order valence-electron chi connectivity index (χ4n) is 6.15. The number of carbonyl (C=O) groups excluding carboxylic acids is 1. The number of pyridine rings is 1. The van der Waals surface area contributed by atoms with Gasteiger partial charge in [-0.25, -0.2) is 4.39 Å². The summed E-state index contributed by atoms with van der Waals surface area (Å²) in [7, 11) is 1.65. The molecule has 1 aromatic heterocycles. The number of fused-ring (bicyclic) bond motifs is 2. The maximum Gasteiger partial charge on any atom is 0.166 e. The summed E-state index contributed by atoms with van der Waals surface area (Å²) in [5, 5.41) is 1.61. The smallest absolute Gasteiger partial charge is 0.166 e. The zero-order valence-electron chi connectivity index (χ0n) is 18.1. The Hall–Kier alpha value is -2.30. The molecule has 166 valence electrons. The Balaban J connectivity index is 1.26. The van der Waals surface area contributed by atoms with Gasteiger partial charge in [0, 0.05) is 30.1 Å². The SMILES string of the molecule is COC(C(=O)Cc1ccc(Cl)cc1)C1C[C@H]2CC(c3ccnc4ccc(F)cc34)C[C@H]2C1. The number of hydrogen-bond donors (Lipinski definition) is 0. The molecule has 5 heteroatoms. The van der Waals surface area contributed by atoms with E-state index < -0.39 is 0 Å². The van der Waals surface area contributed by atoms with Crippen molar-refractivity contribution < 1.29 is 13.9 Å². The third kappa shape index (κ3) is 4.18. The van der Waals surface area contributed by atoms with Gasteiger partial charge in [-0.3, -0.25) is 9.78 Å². The van der Waals surface area contributed by atoms with Crippen LogP contribution >= 0.6 is 11.6 Å². The van der Waals surface area contributed by atoms with Gasteiger partial charge < -0.3 is 4.74 Å². The predicted octanol–water partition coefficient (Wildman–Crippen LogP) is 6.37. The Morgan fingerprint density at radius 3 is 2.50 bits per heavy atom. The van der Waals surface area contributed by atoms with Crippen LogP contribution in [0.4, 0.5) is 4.39 Å². The number of Topliss-reactive ketones (excluding diaryl/α,β-unsaturated/α-hetero) is 1. The summed E-state index contributed by atoms with van der Waals surface area (Å²) in [6, 6.07) is 14.4. The summed E-state index contributed by atoms with van der Waals surface area (Å²) in [5.74, 6) is 1.79. The third-order valence-corrected chi connectivity index (χ3v) is 7.77. The van der Waals surface area contributed by atoms with Crippen LogP contribution in [0.5, 0.6) is 0 Å². The Morgan fingerprint density at radius 1 is 1.09 bits per heavy atom. The first kappa shape index (κ1) is 21.5. The molecule has 5 rings (SSSR count). The summed E-state index contributed by atoms with van der Waals surface area (Å²) in [6.45, 7) is 0. The Labute approximate surface area is 193 Å². The second-order valence-corrected chi connectivity index (χ2v) is 9.84. The number of benzene rings is 2. The molecule has 2 saturated carbocycles. The highest BCUT2D eigenvalue weighted by Gasteiger charge is 2.45. The van der Waals surface area contributed by atoms with E-state index in [0.717, 1.165) is 42.1 Å². The number of nitrogens with zero attached hydrogens (tertiary/aromatic N) is 1. The van der Waals surface area contributed by atoms with Crippen LogP contribution in [0.3, 0.4) is 0 Å². The number of methoxy groups -OCH3 is 1. The van der Waals surface area contributed by atoms with Gasteiger partial charge in [0.2, 0.25) is 0 Å². The molecule has 0 bridgehead atoms. The largest absolute Gasteiger partial charge is 0.373 e. The van der Waals surface area contributed by atoms with Crippen LogP contribution in [-0.4, -0.2) is 24.0 Å². The van der Waals surface area contributed by atoms with E-state index in [4.69, 9.17) is 16.3 Å². The molecular weight excluding hydrogens is 425 g/mol. The van der Waals surface area contributed by atoms with E-state index in [1.807, 2.05) is 30.5 Å². The topological polar surface area (TPSA) is 39.2 Å². The first-order chi connectivity index (χ1) is 15.5. The minimum Gasteiger partial charge on any atom is -0.373 e. The van der Waals surface area contributed by atoms with Crippen molar-refractivity contribution in [1.82, 2.24) is 4.98 Å². The quantitative estimate of drug-likeness (QED) is 0.437. The van der Waals surface area contributed by atoms with Crippen LogP contribution < -0.4 is 0 Å². The van der Waals surface area contributed by atoms with E-state index in [9.17, 15) is 9.18 Å². The molecule has 0 amide bonds. The van der Waals surface area contributed by atoms with Crippen LogP contribution in [-0.2, 0) is 16.0 Å². The first-order valence-corrected chi connectivity index (χ1v) is 11.7. The lowest BCUT2D eigenvalue weighted by Gasteiger charge is -2.23. The van der Waals surface area contributed by atoms with Crippen molar-refractivity contribution in [3.8, 4) is 0 Å². The van der Waals surface area contributed by atoms with Gasteiger partial charge >= 0.3 is 0 Å². The molecule has 3 unspecified atom stereocenters. The highest BCUT2D eigenvalue weighted by molar-refractivity contribution is 6.30. The van der Waals surface area contributed by atoms with E-state index in [-0.39, 0.29) is 23.6 Å². The average molecular weight is 452 g/mol. The minimum absolute atomic E-state index is 0.145. The molecule has 0 radical (unpaired) electrons. The van der Waals surface area contributed by atoms with Gasteiger partial charge in [0.1, 0.15) is 11.9 Å². The number of aromatic nitrogens is 1. The van der Waals surface area contributed by atoms with Crippen molar-refractivity contribution in [2.75, 3.05) is 7.11 Å². The average Bonchev–Trinajstić information content (AvgIpc) is 3.35. The molecule has 2 fully saturated rings. The zero-order chi connectivity index (χ0) is 22.2. The number of ether oxygens (including phenoxy) is 1. The first-order valence-electron chi connectivity index (χ1n) is 11.4. The molecule has 0 saturated heterocycles. The number of halogens is 2. The molecule has 5 atom stereocenters. The molecule has 2 aliphatic carbocycles. The lowest BCUT2D eigenvalue weighted by Crippen LogP contribution is -2.32. The monoisotopic (exact) mass is 451 g/mol. The molecule has 3 nitrogen and oxygen atoms in total. The molecule has 0 spiro atoms. The van der Waals surface area contributed by atoms with Gasteiger partial charge in [0.05, 0.1) is 5.52 Å². The van der Waals surface area contributed by atoms with Gasteiger partial charge in [-0.15, -0.1) is 0 Å². The van der Waals surface area contributed by atoms with Crippen LogP contribution in [0.15, 0.2) is 54.7 Å². The van der Waals surface area contributed by atoms with Gasteiger partial charge in [0.25, 0.3) is 0 Å². The maximum atomic E-state index is 13.9. The van der Waals surface area contributed by atoms with Crippen molar-refractivity contribution in [1.29, 1.82) is 0 Å². The summed E-state index contributed by atoms with van der Waals surface area (Å²) in [4.78, 5) is 17.4. The van der Waals surface area contributed by atoms with E-state index in [1.54, 1.807) is 19.2 Å². The van der Waals surface area contributed by atoms with Gasteiger partial charge in [0.15, 0.2) is 5.78 Å². The third-order valence-electron chi connectivity index (χ3n) is 7.52. The maximum absolute atomic E-state index is 13.9. The van der Waals surface area contributed by atoms with Crippen LogP contribution in [0, 0.1) is 23.6 Å². The summed E-state index contributed by atoms with van der Waals surface area (Å²) in [6.07, 6.45) is 6.05.